The number of likely N-dealkylation sites (tertiary alicyclic amines) is 1. The SMILES string of the molecule is C=C([C@H](O)CF)N1CC2(CC2)C(NSCF)C1Cc1cccc(-c2cc(F)cc(F)c2)c1F. The summed E-state index contributed by atoms with van der Waals surface area (Å²) in [6.07, 6.45) is 0.507. The van der Waals surface area contributed by atoms with Crippen LogP contribution in [0.1, 0.15) is 18.4 Å². The van der Waals surface area contributed by atoms with Gasteiger partial charge in [0.1, 0.15) is 36.2 Å². The summed E-state index contributed by atoms with van der Waals surface area (Å²) in [7, 11) is 0. The molecule has 3 atom stereocenters. The standard InChI is InChI=1S/C24H25F5N2OS/c1-14(21(32)11-25)31-12-24(5-6-24)23(30-33-13-26)20(31)9-15-3-2-4-19(22(15)29)16-7-17(27)10-18(28)8-16/h2-4,7-8,10,20-21,23,30,32H,1,5-6,9,11-13H2/t20?,21-,23?/m1/s1. The van der Waals surface area contributed by atoms with Gasteiger partial charge >= 0.3 is 0 Å². The Balaban J connectivity index is 1.69. The van der Waals surface area contributed by atoms with E-state index in [4.69, 9.17) is 0 Å². The van der Waals surface area contributed by atoms with Crippen LogP contribution in [0, 0.1) is 22.9 Å². The summed E-state index contributed by atoms with van der Waals surface area (Å²) >= 11 is 0.911. The molecular weight excluding hydrogens is 459 g/mol. The molecule has 2 aromatic carbocycles. The summed E-state index contributed by atoms with van der Waals surface area (Å²) in [5.41, 5.74) is 0.443. The first-order valence-electron chi connectivity index (χ1n) is 10.7. The second-order valence-corrected chi connectivity index (χ2v) is 9.45. The molecule has 0 aromatic heterocycles. The van der Waals surface area contributed by atoms with Crippen molar-refractivity contribution in [2.24, 2.45) is 5.41 Å². The van der Waals surface area contributed by atoms with Crippen LogP contribution < -0.4 is 4.72 Å². The van der Waals surface area contributed by atoms with Crippen LogP contribution in [0.15, 0.2) is 48.7 Å². The highest BCUT2D eigenvalue weighted by Gasteiger charge is 2.59. The first kappa shape index (κ1) is 24.0. The molecule has 1 aliphatic heterocycles. The van der Waals surface area contributed by atoms with Crippen LogP contribution in [0.25, 0.3) is 11.1 Å². The number of aliphatic hydroxyl groups is 1. The summed E-state index contributed by atoms with van der Waals surface area (Å²) in [5.74, 6) is -2.24. The molecule has 1 saturated carbocycles. The monoisotopic (exact) mass is 484 g/mol. The van der Waals surface area contributed by atoms with Gasteiger partial charge in [0, 0.05) is 41.4 Å². The zero-order chi connectivity index (χ0) is 23.8. The molecule has 3 nitrogen and oxygen atoms in total. The van der Waals surface area contributed by atoms with Crippen molar-refractivity contribution in [3.05, 3.63) is 71.7 Å². The van der Waals surface area contributed by atoms with Crippen molar-refractivity contribution >= 4 is 11.9 Å². The van der Waals surface area contributed by atoms with E-state index in [1.54, 1.807) is 17.0 Å². The van der Waals surface area contributed by atoms with E-state index in [-0.39, 0.29) is 34.7 Å². The molecule has 1 spiro atoms. The summed E-state index contributed by atoms with van der Waals surface area (Å²) in [6, 6.07) is 6.17. The molecule has 1 saturated heterocycles. The Bertz CT molecular complexity index is 1010. The van der Waals surface area contributed by atoms with Gasteiger partial charge in [-0.2, -0.15) is 0 Å². The van der Waals surface area contributed by atoms with Crippen LogP contribution in [0.3, 0.4) is 0 Å². The van der Waals surface area contributed by atoms with E-state index in [1.807, 2.05) is 0 Å². The van der Waals surface area contributed by atoms with Gasteiger partial charge in [0.15, 0.2) is 0 Å². The van der Waals surface area contributed by atoms with E-state index in [0.717, 1.165) is 43.0 Å². The van der Waals surface area contributed by atoms with E-state index in [1.165, 1.54) is 6.07 Å². The first-order valence-corrected chi connectivity index (χ1v) is 11.6. The minimum absolute atomic E-state index is 0.0573. The molecule has 4 rings (SSSR count). The summed E-state index contributed by atoms with van der Waals surface area (Å²) in [5, 5.41) is 10.1. The molecule has 33 heavy (non-hydrogen) atoms. The van der Waals surface area contributed by atoms with E-state index < -0.39 is 42.3 Å². The van der Waals surface area contributed by atoms with Gasteiger partial charge in [0.25, 0.3) is 0 Å². The quantitative estimate of drug-likeness (QED) is 0.381. The van der Waals surface area contributed by atoms with Crippen LogP contribution in [0.5, 0.6) is 0 Å². The molecule has 2 N–H and O–H groups in total. The van der Waals surface area contributed by atoms with Crippen molar-refractivity contribution in [1.29, 1.82) is 0 Å². The molecule has 0 amide bonds. The third-order valence-electron chi connectivity index (χ3n) is 6.67. The highest BCUT2D eigenvalue weighted by molar-refractivity contribution is 7.97. The van der Waals surface area contributed by atoms with Crippen molar-refractivity contribution in [3.8, 4) is 11.1 Å². The molecule has 0 bridgehead atoms. The minimum atomic E-state index is -1.39. The predicted octanol–water partition coefficient (Wildman–Crippen LogP) is 5.16. The summed E-state index contributed by atoms with van der Waals surface area (Å²) in [6.45, 7) is 3.36. The first-order chi connectivity index (χ1) is 15.8. The predicted molar refractivity (Wildman–Crippen MR) is 119 cm³/mol. The number of nitrogens with zero attached hydrogens (tertiary/aromatic N) is 1. The Morgan fingerprint density at radius 2 is 1.88 bits per heavy atom. The van der Waals surface area contributed by atoms with Crippen LogP contribution >= 0.6 is 11.9 Å². The Hall–Kier alpha value is -2.10. The second kappa shape index (κ2) is 9.64. The number of aliphatic hydroxyl groups excluding tert-OH is 1. The molecule has 2 fully saturated rings. The maximum absolute atomic E-state index is 15.5. The Morgan fingerprint density at radius 1 is 1.18 bits per heavy atom. The van der Waals surface area contributed by atoms with Gasteiger partial charge < -0.3 is 10.0 Å². The fourth-order valence-corrected chi connectivity index (χ4v) is 5.47. The Labute approximate surface area is 193 Å². The highest BCUT2D eigenvalue weighted by Crippen LogP contribution is 2.56. The summed E-state index contributed by atoms with van der Waals surface area (Å²) < 4.78 is 72.2. The van der Waals surface area contributed by atoms with Crippen LogP contribution in [0.2, 0.25) is 0 Å². The van der Waals surface area contributed by atoms with E-state index in [2.05, 4.69) is 11.3 Å². The zero-order valence-corrected chi connectivity index (χ0v) is 18.7. The van der Waals surface area contributed by atoms with Gasteiger partial charge in [-0.1, -0.05) is 24.8 Å². The highest BCUT2D eigenvalue weighted by atomic mass is 32.2. The van der Waals surface area contributed by atoms with E-state index in [0.29, 0.717) is 12.1 Å². The lowest BCUT2D eigenvalue weighted by atomic mass is 9.91. The van der Waals surface area contributed by atoms with Gasteiger partial charge in [0.05, 0.1) is 0 Å². The van der Waals surface area contributed by atoms with Gasteiger partial charge in [-0.3, -0.25) is 4.72 Å². The molecule has 178 valence electrons. The van der Waals surface area contributed by atoms with Gasteiger partial charge in [-0.05, 0) is 54.5 Å². The van der Waals surface area contributed by atoms with Crippen LogP contribution in [-0.4, -0.2) is 47.4 Å². The number of nitrogens with one attached hydrogen (secondary N) is 1. The number of alkyl halides is 2. The molecule has 2 unspecified atom stereocenters. The number of hydrogen-bond acceptors (Lipinski definition) is 4. The van der Waals surface area contributed by atoms with Crippen molar-refractivity contribution in [2.45, 2.75) is 37.5 Å². The average Bonchev–Trinajstić information content (AvgIpc) is 3.50. The van der Waals surface area contributed by atoms with E-state index in [9.17, 15) is 22.7 Å². The van der Waals surface area contributed by atoms with Crippen molar-refractivity contribution in [1.82, 2.24) is 9.62 Å². The molecule has 1 heterocycles. The van der Waals surface area contributed by atoms with Gasteiger partial charge in [-0.25, -0.2) is 22.0 Å². The molecule has 2 aliphatic rings. The number of hydrogen-bond donors (Lipinski definition) is 2. The molecule has 0 radical (unpaired) electrons. The third-order valence-corrected chi connectivity index (χ3v) is 7.20. The lowest BCUT2D eigenvalue weighted by molar-refractivity contribution is 0.127. The Kier molecular flexibility index (Phi) is 7.02. The maximum atomic E-state index is 15.5. The molecule has 9 heteroatoms. The second-order valence-electron chi connectivity index (χ2n) is 8.71. The average molecular weight is 485 g/mol. The lowest BCUT2D eigenvalue weighted by Gasteiger charge is -2.33. The zero-order valence-electron chi connectivity index (χ0n) is 17.8. The fourth-order valence-electron chi connectivity index (χ4n) is 4.82. The van der Waals surface area contributed by atoms with Crippen LogP contribution in [-0.2, 0) is 6.42 Å². The molecular formula is C24H25F5N2OS. The number of halogens is 5. The molecule has 2 aromatic rings. The van der Waals surface area contributed by atoms with E-state index >= 15 is 4.39 Å². The summed E-state index contributed by atoms with van der Waals surface area (Å²) in [4.78, 5) is 1.79. The van der Waals surface area contributed by atoms with Gasteiger partial charge in [-0.15, -0.1) is 0 Å². The normalized spacial score (nSPS) is 22.1. The minimum Gasteiger partial charge on any atom is -0.384 e. The lowest BCUT2D eigenvalue weighted by Crippen LogP contribution is -2.45. The maximum Gasteiger partial charge on any atom is 0.149 e. The number of benzene rings is 2. The van der Waals surface area contributed by atoms with Crippen molar-refractivity contribution in [2.75, 3.05) is 19.2 Å². The largest absolute Gasteiger partial charge is 0.384 e. The third kappa shape index (κ3) is 4.76. The Morgan fingerprint density at radius 3 is 2.48 bits per heavy atom. The van der Waals surface area contributed by atoms with Crippen LogP contribution in [0.4, 0.5) is 22.0 Å². The molecule has 1 aliphatic carbocycles. The topological polar surface area (TPSA) is 35.5 Å². The smallest absolute Gasteiger partial charge is 0.149 e. The fraction of sp³-hybridized carbons (Fsp3) is 0.417. The van der Waals surface area contributed by atoms with Crippen molar-refractivity contribution < 1.29 is 27.1 Å². The number of rotatable bonds is 9. The van der Waals surface area contributed by atoms with Crippen molar-refractivity contribution in [3.63, 3.8) is 0 Å². The van der Waals surface area contributed by atoms with Gasteiger partial charge in [0.2, 0.25) is 0 Å².